The van der Waals surface area contributed by atoms with Crippen LogP contribution in [0.2, 0.25) is 0 Å². The van der Waals surface area contributed by atoms with Gasteiger partial charge in [-0.15, -0.1) is 0 Å². The smallest absolute Gasteiger partial charge is 0.240 e. The van der Waals surface area contributed by atoms with Crippen molar-refractivity contribution in [3.8, 4) is 0 Å². The van der Waals surface area contributed by atoms with E-state index in [1.807, 2.05) is 37.3 Å². The van der Waals surface area contributed by atoms with Gasteiger partial charge in [0.1, 0.15) is 6.54 Å². The Morgan fingerprint density at radius 2 is 1.36 bits per heavy atom. The lowest BCUT2D eigenvalue weighted by molar-refractivity contribution is -0.120. The van der Waals surface area contributed by atoms with E-state index in [2.05, 4.69) is 5.32 Å². The van der Waals surface area contributed by atoms with Crippen molar-refractivity contribution in [1.82, 2.24) is 5.32 Å². The summed E-state index contributed by atoms with van der Waals surface area (Å²) in [5.41, 5.74) is 2.05. The van der Waals surface area contributed by atoms with Crippen LogP contribution in [0.15, 0.2) is 88.7 Å². The van der Waals surface area contributed by atoms with Crippen LogP contribution in [0, 0.1) is 0 Å². The van der Waals surface area contributed by atoms with Gasteiger partial charge >= 0.3 is 0 Å². The van der Waals surface area contributed by atoms with E-state index in [0.29, 0.717) is 11.4 Å². The van der Waals surface area contributed by atoms with Gasteiger partial charge in [-0.3, -0.25) is 4.79 Å². The first-order valence-corrected chi connectivity index (χ1v) is 10.5. The minimum absolute atomic E-state index is 0.0285. The highest BCUT2D eigenvalue weighted by Crippen LogP contribution is 2.43. The van der Waals surface area contributed by atoms with Crippen LogP contribution in [0.3, 0.4) is 0 Å². The van der Waals surface area contributed by atoms with Crippen LogP contribution in [-0.2, 0) is 14.6 Å². The molecule has 28 heavy (non-hydrogen) atoms. The number of nitrogens with one attached hydrogen (secondary N) is 1. The monoisotopic (exact) mass is 392 g/mol. The average Bonchev–Trinajstić information content (AvgIpc) is 2.72. The van der Waals surface area contributed by atoms with Gasteiger partial charge in [0.15, 0.2) is 0 Å². The molecule has 0 saturated heterocycles. The average molecular weight is 392 g/mol. The predicted octanol–water partition coefficient (Wildman–Crippen LogP) is 3.85. The van der Waals surface area contributed by atoms with E-state index in [1.165, 1.54) is 0 Å². The number of fused-ring (bicyclic) bond motifs is 2. The Kier molecular flexibility index (Phi) is 4.65. The Morgan fingerprint density at radius 1 is 0.857 bits per heavy atom. The zero-order valence-electron chi connectivity index (χ0n) is 15.4. The van der Waals surface area contributed by atoms with Crippen molar-refractivity contribution in [2.24, 2.45) is 0 Å². The molecule has 0 unspecified atom stereocenters. The van der Waals surface area contributed by atoms with Gasteiger partial charge in [-0.2, -0.15) is 0 Å². The first-order valence-electron chi connectivity index (χ1n) is 9.03. The molecule has 0 radical (unpaired) electrons. The summed E-state index contributed by atoms with van der Waals surface area (Å²) in [6, 6.07) is 23.1. The van der Waals surface area contributed by atoms with Crippen molar-refractivity contribution >= 4 is 27.1 Å². The van der Waals surface area contributed by atoms with Gasteiger partial charge in [-0.05, 0) is 36.8 Å². The van der Waals surface area contributed by atoms with Gasteiger partial charge in [-0.25, -0.2) is 8.42 Å². The summed E-state index contributed by atoms with van der Waals surface area (Å²) in [7, 11) is -3.61. The van der Waals surface area contributed by atoms with Crippen LogP contribution in [0.5, 0.6) is 0 Å². The molecule has 0 aliphatic carbocycles. The molecule has 1 amide bonds. The number of anilines is 2. The predicted molar refractivity (Wildman–Crippen MR) is 108 cm³/mol. The number of amides is 1. The Balaban J connectivity index is 1.66. The molecule has 142 valence electrons. The lowest BCUT2D eigenvalue weighted by atomic mass is 10.1. The van der Waals surface area contributed by atoms with E-state index < -0.39 is 9.84 Å². The first-order chi connectivity index (χ1) is 13.5. The minimum Gasteiger partial charge on any atom is -0.348 e. The molecule has 6 heteroatoms. The Bertz CT molecular complexity index is 1070. The Morgan fingerprint density at radius 3 is 1.93 bits per heavy atom. The van der Waals surface area contributed by atoms with Crippen LogP contribution in [0.4, 0.5) is 11.4 Å². The third-order valence-corrected chi connectivity index (χ3v) is 6.72. The summed E-state index contributed by atoms with van der Waals surface area (Å²) in [4.78, 5) is 15.0. The zero-order chi connectivity index (χ0) is 19.7. The van der Waals surface area contributed by atoms with Crippen molar-refractivity contribution in [3.05, 3.63) is 84.4 Å². The van der Waals surface area contributed by atoms with E-state index in [0.717, 1.165) is 5.56 Å². The Hall–Kier alpha value is -3.12. The molecule has 1 N–H and O–H groups in total. The number of para-hydroxylation sites is 2. The molecule has 3 aromatic carbocycles. The summed E-state index contributed by atoms with van der Waals surface area (Å²) in [5, 5.41) is 3.00. The molecule has 0 saturated carbocycles. The van der Waals surface area contributed by atoms with Crippen molar-refractivity contribution < 1.29 is 13.2 Å². The number of hydrogen-bond acceptors (Lipinski definition) is 4. The molecule has 4 rings (SSSR count). The lowest BCUT2D eigenvalue weighted by Crippen LogP contribution is -2.38. The molecule has 0 fully saturated rings. The van der Waals surface area contributed by atoms with Crippen molar-refractivity contribution in [2.45, 2.75) is 22.8 Å². The van der Waals surface area contributed by atoms with E-state index in [4.69, 9.17) is 0 Å². The SMILES string of the molecule is C[C@H](NC(=O)CN1c2ccccc2S(=O)(=O)c2ccccc21)c1ccccc1. The number of hydrogen-bond donors (Lipinski definition) is 1. The fourth-order valence-electron chi connectivity index (χ4n) is 3.49. The molecule has 0 aromatic heterocycles. The number of carbonyl (C=O) groups excluding carboxylic acids is 1. The van der Waals surface area contributed by atoms with Gasteiger partial charge in [-0.1, -0.05) is 54.6 Å². The molecule has 5 nitrogen and oxygen atoms in total. The minimum atomic E-state index is -3.61. The lowest BCUT2D eigenvalue weighted by Gasteiger charge is -2.32. The number of nitrogens with zero attached hydrogens (tertiary/aromatic N) is 1. The largest absolute Gasteiger partial charge is 0.348 e. The number of benzene rings is 3. The number of rotatable bonds is 4. The first kappa shape index (κ1) is 18.3. The molecule has 3 aromatic rings. The summed E-state index contributed by atoms with van der Waals surface area (Å²) < 4.78 is 25.9. The Labute approximate surface area is 164 Å². The second-order valence-electron chi connectivity index (χ2n) is 6.72. The molecule has 1 heterocycles. The van der Waals surface area contributed by atoms with Crippen LogP contribution < -0.4 is 10.2 Å². The quantitative estimate of drug-likeness (QED) is 0.732. The molecule has 1 atom stereocenters. The van der Waals surface area contributed by atoms with Crippen molar-refractivity contribution in [1.29, 1.82) is 0 Å². The van der Waals surface area contributed by atoms with E-state index in [-0.39, 0.29) is 28.3 Å². The highest BCUT2D eigenvalue weighted by atomic mass is 32.2. The molecular weight excluding hydrogens is 372 g/mol. The van der Waals surface area contributed by atoms with Crippen LogP contribution in [0.25, 0.3) is 0 Å². The summed E-state index contributed by atoms with van der Waals surface area (Å²) in [6.07, 6.45) is 0. The maximum atomic E-state index is 13.0. The van der Waals surface area contributed by atoms with Gasteiger partial charge in [0, 0.05) is 0 Å². The second-order valence-corrected chi connectivity index (χ2v) is 8.61. The van der Waals surface area contributed by atoms with E-state index in [1.54, 1.807) is 53.4 Å². The highest BCUT2D eigenvalue weighted by Gasteiger charge is 2.34. The summed E-state index contributed by atoms with van der Waals surface area (Å²) in [5.74, 6) is -0.180. The van der Waals surface area contributed by atoms with Crippen LogP contribution in [-0.4, -0.2) is 20.9 Å². The fraction of sp³-hybridized carbons (Fsp3) is 0.136. The maximum absolute atomic E-state index is 13.0. The second kappa shape index (κ2) is 7.13. The van der Waals surface area contributed by atoms with E-state index in [9.17, 15) is 13.2 Å². The standard InChI is InChI=1S/C22H20N2O3S/c1-16(17-9-3-2-4-10-17)23-22(25)15-24-18-11-5-7-13-20(18)28(26,27)21-14-8-6-12-19(21)24/h2-14,16H,15H2,1H3,(H,23,25)/t16-/m0/s1. The summed E-state index contributed by atoms with van der Waals surface area (Å²) >= 11 is 0. The molecule has 1 aliphatic heterocycles. The van der Waals surface area contributed by atoms with Crippen LogP contribution >= 0.6 is 0 Å². The van der Waals surface area contributed by atoms with Crippen LogP contribution in [0.1, 0.15) is 18.5 Å². The number of sulfone groups is 1. The fourth-order valence-corrected chi connectivity index (χ4v) is 5.15. The molecule has 1 aliphatic rings. The van der Waals surface area contributed by atoms with Crippen molar-refractivity contribution in [3.63, 3.8) is 0 Å². The number of carbonyl (C=O) groups is 1. The molecular formula is C22H20N2O3S. The third-order valence-electron chi connectivity index (χ3n) is 4.87. The zero-order valence-corrected chi connectivity index (χ0v) is 16.2. The normalized spacial score (nSPS) is 15.2. The van der Waals surface area contributed by atoms with E-state index >= 15 is 0 Å². The van der Waals surface area contributed by atoms with Gasteiger partial charge in [0.2, 0.25) is 15.7 Å². The maximum Gasteiger partial charge on any atom is 0.240 e. The highest BCUT2D eigenvalue weighted by molar-refractivity contribution is 7.92. The third kappa shape index (κ3) is 3.16. The van der Waals surface area contributed by atoms with Gasteiger partial charge in [0.05, 0.1) is 27.2 Å². The summed E-state index contributed by atoms with van der Waals surface area (Å²) in [6.45, 7) is 1.95. The van der Waals surface area contributed by atoms with Crippen molar-refractivity contribution in [2.75, 3.05) is 11.4 Å². The molecule has 0 spiro atoms. The topological polar surface area (TPSA) is 66.5 Å². The molecule has 0 bridgehead atoms. The van der Waals surface area contributed by atoms with Gasteiger partial charge < -0.3 is 10.2 Å². The van der Waals surface area contributed by atoms with Gasteiger partial charge in [0.25, 0.3) is 0 Å².